The number of carboxylic acids is 1. The van der Waals surface area contributed by atoms with Crippen molar-refractivity contribution in [1.29, 1.82) is 0 Å². The normalized spacial score (nSPS) is 10.3. The Morgan fingerprint density at radius 1 is 1.53 bits per heavy atom. The molecule has 1 N–H and O–H groups in total. The molecule has 1 amide bonds. The molecule has 0 aliphatic carbocycles. The van der Waals surface area contributed by atoms with E-state index >= 15 is 0 Å². The number of aromatic carboxylic acids is 1. The average molecular weight is 239 g/mol. The Morgan fingerprint density at radius 3 is 2.71 bits per heavy atom. The van der Waals surface area contributed by atoms with Gasteiger partial charge in [0.25, 0.3) is 5.91 Å². The summed E-state index contributed by atoms with van der Waals surface area (Å²) >= 11 is 0. The lowest BCUT2D eigenvalue weighted by Crippen LogP contribution is -2.30. The maximum absolute atomic E-state index is 12.1. The SMILES string of the molecule is CCCCN(C)C(=O)c1c(C(=O)O)cnn1C. The smallest absolute Gasteiger partial charge is 0.339 e. The molecule has 0 aliphatic rings. The van der Waals surface area contributed by atoms with E-state index in [2.05, 4.69) is 5.10 Å². The van der Waals surface area contributed by atoms with Crippen molar-refractivity contribution in [2.75, 3.05) is 13.6 Å². The summed E-state index contributed by atoms with van der Waals surface area (Å²) in [7, 11) is 3.23. The van der Waals surface area contributed by atoms with Gasteiger partial charge in [0.05, 0.1) is 6.20 Å². The first-order valence-corrected chi connectivity index (χ1v) is 5.49. The van der Waals surface area contributed by atoms with Crippen LogP contribution in [0.2, 0.25) is 0 Å². The van der Waals surface area contributed by atoms with E-state index in [1.54, 1.807) is 14.1 Å². The van der Waals surface area contributed by atoms with Crippen LogP contribution in [0.3, 0.4) is 0 Å². The van der Waals surface area contributed by atoms with Crippen LogP contribution in [0, 0.1) is 0 Å². The van der Waals surface area contributed by atoms with Crippen LogP contribution in [0.15, 0.2) is 6.20 Å². The Balaban J connectivity index is 2.95. The highest BCUT2D eigenvalue weighted by Crippen LogP contribution is 2.10. The lowest BCUT2D eigenvalue weighted by Gasteiger charge is -2.17. The van der Waals surface area contributed by atoms with Crippen molar-refractivity contribution < 1.29 is 14.7 Å². The fourth-order valence-corrected chi connectivity index (χ4v) is 1.53. The summed E-state index contributed by atoms with van der Waals surface area (Å²) in [4.78, 5) is 24.5. The molecular weight excluding hydrogens is 222 g/mol. The van der Waals surface area contributed by atoms with E-state index in [0.29, 0.717) is 6.54 Å². The molecule has 1 heterocycles. The van der Waals surface area contributed by atoms with Crippen molar-refractivity contribution in [2.24, 2.45) is 7.05 Å². The highest BCUT2D eigenvalue weighted by molar-refractivity contribution is 6.03. The average Bonchev–Trinajstić information content (AvgIpc) is 2.67. The molecule has 6 heteroatoms. The number of carboxylic acid groups (broad SMARTS) is 1. The highest BCUT2D eigenvalue weighted by atomic mass is 16.4. The summed E-state index contributed by atoms with van der Waals surface area (Å²) in [5.41, 5.74) is 0.0666. The quantitative estimate of drug-likeness (QED) is 0.831. The Hall–Kier alpha value is -1.85. The van der Waals surface area contributed by atoms with E-state index in [1.165, 1.54) is 15.8 Å². The summed E-state index contributed by atoms with van der Waals surface area (Å²) in [6, 6.07) is 0. The van der Waals surface area contributed by atoms with Gasteiger partial charge in [-0.2, -0.15) is 5.10 Å². The van der Waals surface area contributed by atoms with Gasteiger partial charge >= 0.3 is 5.97 Å². The van der Waals surface area contributed by atoms with E-state index in [0.717, 1.165) is 12.8 Å². The minimum Gasteiger partial charge on any atom is -0.478 e. The second-order valence-corrected chi connectivity index (χ2v) is 3.92. The van der Waals surface area contributed by atoms with Gasteiger partial charge in [-0.3, -0.25) is 9.48 Å². The molecule has 0 atom stereocenters. The highest BCUT2D eigenvalue weighted by Gasteiger charge is 2.23. The van der Waals surface area contributed by atoms with Crippen LogP contribution in [0.5, 0.6) is 0 Å². The molecule has 17 heavy (non-hydrogen) atoms. The second kappa shape index (κ2) is 5.47. The lowest BCUT2D eigenvalue weighted by atomic mass is 10.2. The molecular formula is C11H17N3O3. The lowest BCUT2D eigenvalue weighted by molar-refractivity contribution is 0.0679. The molecule has 1 aromatic heterocycles. The Morgan fingerprint density at radius 2 is 2.18 bits per heavy atom. The molecule has 0 bridgehead atoms. The number of aromatic nitrogens is 2. The molecule has 94 valence electrons. The first kappa shape index (κ1) is 13.2. The van der Waals surface area contributed by atoms with Crippen molar-refractivity contribution in [3.8, 4) is 0 Å². The van der Waals surface area contributed by atoms with Gasteiger partial charge in [0.15, 0.2) is 0 Å². The van der Waals surface area contributed by atoms with Gasteiger partial charge < -0.3 is 10.0 Å². The van der Waals surface area contributed by atoms with Gasteiger partial charge in [-0.1, -0.05) is 13.3 Å². The zero-order chi connectivity index (χ0) is 13.0. The van der Waals surface area contributed by atoms with E-state index in [9.17, 15) is 9.59 Å². The first-order valence-electron chi connectivity index (χ1n) is 5.49. The third kappa shape index (κ3) is 2.83. The molecule has 0 unspecified atom stereocenters. The Bertz CT molecular complexity index is 426. The summed E-state index contributed by atoms with van der Waals surface area (Å²) in [5.74, 6) is -1.44. The fraction of sp³-hybridized carbons (Fsp3) is 0.545. The molecule has 1 aromatic rings. The molecule has 1 rings (SSSR count). The number of aryl methyl sites for hydroxylation is 1. The van der Waals surface area contributed by atoms with Crippen molar-refractivity contribution in [1.82, 2.24) is 14.7 Å². The molecule has 0 saturated heterocycles. The van der Waals surface area contributed by atoms with Crippen molar-refractivity contribution in [3.63, 3.8) is 0 Å². The summed E-state index contributed by atoms with van der Waals surface area (Å²) < 4.78 is 1.30. The van der Waals surface area contributed by atoms with Crippen LogP contribution in [0.25, 0.3) is 0 Å². The van der Waals surface area contributed by atoms with Gasteiger partial charge in [0.1, 0.15) is 11.3 Å². The predicted octanol–water partition coefficient (Wildman–Crippen LogP) is 0.990. The second-order valence-electron chi connectivity index (χ2n) is 3.92. The maximum atomic E-state index is 12.1. The number of carbonyl (C=O) groups is 2. The zero-order valence-electron chi connectivity index (χ0n) is 10.3. The van der Waals surface area contributed by atoms with Crippen LogP contribution < -0.4 is 0 Å². The molecule has 0 saturated carbocycles. The molecule has 0 aliphatic heterocycles. The molecule has 0 spiro atoms. The predicted molar refractivity (Wildman–Crippen MR) is 62.0 cm³/mol. The van der Waals surface area contributed by atoms with Gasteiger partial charge in [0, 0.05) is 20.6 Å². The van der Waals surface area contributed by atoms with E-state index in [4.69, 9.17) is 5.11 Å². The summed E-state index contributed by atoms with van der Waals surface area (Å²) in [6.45, 7) is 2.64. The summed E-state index contributed by atoms with van der Waals surface area (Å²) in [6.07, 6.45) is 3.07. The minimum absolute atomic E-state index is 0.0548. The van der Waals surface area contributed by atoms with Crippen molar-refractivity contribution in [3.05, 3.63) is 17.5 Å². The van der Waals surface area contributed by atoms with Crippen LogP contribution in [0.4, 0.5) is 0 Å². The van der Waals surface area contributed by atoms with Gasteiger partial charge in [-0.25, -0.2) is 4.79 Å². The van der Waals surface area contributed by atoms with Crippen LogP contribution in [0.1, 0.15) is 40.6 Å². The summed E-state index contributed by atoms with van der Waals surface area (Å²) in [5, 5.41) is 12.8. The number of nitrogens with zero attached hydrogens (tertiary/aromatic N) is 3. The third-order valence-electron chi connectivity index (χ3n) is 2.57. The Labute approximate surface area is 99.8 Å². The molecule has 6 nitrogen and oxygen atoms in total. The van der Waals surface area contributed by atoms with Gasteiger partial charge in [-0.15, -0.1) is 0 Å². The Kier molecular flexibility index (Phi) is 4.25. The van der Waals surface area contributed by atoms with Crippen molar-refractivity contribution in [2.45, 2.75) is 19.8 Å². The molecule has 0 aromatic carbocycles. The number of carbonyl (C=O) groups excluding carboxylic acids is 1. The maximum Gasteiger partial charge on any atom is 0.339 e. The van der Waals surface area contributed by atoms with Crippen LogP contribution in [-0.2, 0) is 7.05 Å². The van der Waals surface area contributed by atoms with Gasteiger partial charge in [-0.05, 0) is 6.42 Å². The van der Waals surface area contributed by atoms with Crippen LogP contribution in [-0.4, -0.2) is 45.3 Å². The van der Waals surface area contributed by atoms with E-state index < -0.39 is 5.97 Å². The molecule has 0 fully saturated rings. The zero-order valence-corrected chi connectivity index (χ0v) is 10.3. The fourth-order valence-electron chi connectivity index (χ4n) is 1.53. The third-order valence-corrected chi connectivity index (χ3v) is 2.57. The molecule has 0 radical (unpaired) electrons. The topological polar surface area (TPSA) is 75.4 Å². The van der Waals surface area contributed by atoms with Crippen molar-refractivity contribution >= 4 is 11.9 Å². The standard InChI is InChI=1S/C11H17N3O3/c1-4-5-6-13(2)10(15)9-8(11(16)17)7-12-14(9)3/h7H,4-6H2,1-3H3,(H,16,17). The van der Waals surface area contributed by atoms with Gasteiger partial charge in [0.2, 0.25) is 0 Å². The monoisotopic (exact) mass is 239 g/mol. The number of unbranched alkanes of at least 4 members (excludes halogenated alkanes) is 1. The largest absolute Gasteiger partial charge is 0.478 e. The van der Waals surface area contributed by atoms with E-state index in [1.807, 2.05) is 6.92 Å². The number of hydrogen-bond donors (Lipinski definition) is 1. The number of rotatable bonds is 5. The first-order chi connectivity index (χ1) is 7.99. The van der Waals surface area contributed by atoms with Crippen LogP contribution >= 0.6 is 0 Å². The van der Waals surface area contributed by atoms with E-state index in [-0.39, 0.29) is 17.2 Å². The minimum atomic E-state index is -1.13. The number of amides is 1. The number of hydrogen-bond acceptors (Lipinski definition) is 3.